The van der Waals surface area contributed by atoms with Crippen LogP contribution in [0.25, 0.3) is 0 Å². The highest BCUT2D eigenvalue weighted by atomic mass is 32.2. The number of rotatable bonds is 7. The number of hydrogen-bond donors (Lipinski definition) is 2. The number of para-hydroxylation sites is 1. The van der Waals surface area contributed by atoms with Gasteiger partial charge in [0.15, 0.2) is 21.6 Å². The first-order valence-corrected chi connectivity index (χ1v) is 12.5. The van der Waals surface area contributed by atoms with Gasteiger partial charge in [-0.25, -0.2) is 8.42 Å². The summed E-state index contributed by atoms with van der Waals surface area (Å²) in [5.74, 6) is 0.713. The Kier molecular flexibility index (Phi) is 8.03. The van der Waals surface area contributed by atoms with Gasteiger partial charge in [-0.2, -0.15) is 0 Å². The molecule has 1 saturated carbocycles. The quantitative estimate of drug-likeness (QED) is 0.601. The standard InChI is InChI=1S/C23H28N2O4S2/c1-17-7-5-6-10-21(17)29-15-22(26)25-23(30)24-19-11-13-20(14-12-19)31(27,28)16-18-8-3-2-4-9-18/h5-7,10-14,18H,2-4,8-9,15-16H2,1H3,(H2,24,25,26,30). The predicted octanol–water partition coefficient (Wildman–Crippen LogP) is 4.24. The summed E-state index contributed by atoms with van der Waals surface area (Å²) in [6, 6.07) is 13.9. The largest absolute Gasteiger partial charge is 0.483 e. The summed E-state index contributed by atoms with van der Waals surface area (Å²) in [4.78, 5) is 12.4. The van der Waals surface area contributed by atoms with E-state index in [0.29, 0.717) is 16.3 Å². The van der Waals surface area contributed by atoms with E-state index in [1.807, 2.05) is 25.1 Å². The second kappa shape index (κ2) is 10.7. The topological polar surface area (TPSA) is 84.5 Å². The van der Waals surface area contributed by atoms with Crippen LogP contribution in [0.2, 0.25) is 0 Å². The Hall–Kier alpha value is -2.45. The lowest BCUT2D eigenvalue weighted by Crippen LogP contribution is -2.37. The van der Waals surface area contributed by atoms with Crippen LogP contribution in [0.15, 0.2) is 53.4 Å². The molecule has 0 aromatic heterocycles. The Bertz CT molecular complexity index is 1010. The number of ether oxygens (including phenoxy) is 1. The molecule has 2 N–H and O–H groups in total. The second-order valence-corrected chi connectivity index (χ2v) is 10.3. The van der Waals surface area contributed by atoms with Gasteiger partial charge in [0.2, 0.25) is 0 Å². The first-order chi connectivity index (χ1) is 14.8. The van der Waals surface area contributed by atoms with Gasteiger partial charge in [0.25, 0.3) is 5.91 Å². The van der Waals surface area contributed by atoms with Crippen molar-refractivity contribution in [2.75, 3.05) is 17.7 Å². The van der Waals surface area contributed by atoms with E-state index in [-0.39, 0.29) is 29.3 Å². The maximum Gasteiger partial charge on any atom is 0.264 e. The van der Waals surface area contributed by atoms with Crippen LogP contribution in [0, 0.1) is 12.8 Å². The first kappa shape index (κ1) is 23.2. The Morgan fingerprint density at radius 3 is 2.42 bits per heavy atom. The minimum absolute atomic E-state index is 0.121. The number of anilines is 1. The summed E-state index contributed by atoms with van der Waals surface area (Å²) in [5, 5.41) is 5.57. The lowest BCUT2D eigenvalue weighted by molar-refractivity contribution is -0.121. The molecule has 0 heterocycles. The number of amides is 1. The van der Waals surface area contributed by atoms with Crippen molar-refractivity contribution in [3.05, 3.63) is 54.1 Å². The van der Waals surface area contributed by atoms with E-state index >= 15 is 0 Å². The average molecular weight is 461 g/mol. The number of aryl methyl sites for hydroxylation is 1. The van der Waals surface area contributed by atoms with E-state index in [1.165, 1.54) is 6.42 Å². The van der Waals surface area contributed by atoms with Gasteiger partial charge in [-0.05, 0) is 73.8 Å². The third kappa shape index (κ3) is 7.04. The van der Waals surface area contributed by atoms with Gasteiger partial charge in [-0.3, -0.25) is 10.1 Å². The van der Waals surface area contributed by atoms with E-state index in [9.17, 15) is 13.2 Å². The summed E-state index contributed by atoms with van der Waals surface area (Å²) in [6.07, 6.45) is 5.40. The molecule has 0 bridgehead atoms. The van der Waals surface area contributed by atoms with Gasteiger partial charge in [-0.1, -0.05) is 37.5 Å². The third-order valence-corrected chi connectivity index (χ3v) is 7.46. The highest BCUT2D eigenvalue weighted by molar-refractivity contribution is 7.91. The molecule has 0 saturated heterocycles. The molecule has 0 atom stereocenters. The molecule has 8 heteroatoms. The molecule has 1 aliphatic carbocycles. The van der Waals surface area contributed by atoms with Crippen molar-refractivity contribution in [2.24, 2.45) is 5.92 Å². The van der Waals surface area contributed by atoms with Gasteiger partial charge in [0.1, 0.15) is 5.75 Å². The van der Waals surface area contributed by atoms with E-state index in [0.717, 1.165) is 31.2 Å². The number of sulfone groups is 1. The van der Waals surface area contributed by atoms with E-state index < -0.39 is 9.84 Å². The molecule has 0 spiro atoms. The monoisotopic (exact) mass is 460 g/mol. The minimum Gasteiger partial charge on any atom is -0.483 e. The van der Waals surface area contributed by atoms with Crippen molar-refractivity contribution in [3.8, 4) is 5.75 Å². The van der Waals surface area contributed by atoms with Crippen molar-refractivity contribution < 1.29 is 17.9 Å². The third-order valence-electron chi connectivity index (χ3n) is 5.36. The fourth-order valence-corrected chi connectivity index (χ4v) is 5.62. The number of hydrogen-bond acceptors (Lipinski definition) is 5. The zero-order chi connectivity index (χ0) is 22.3. The first-order valence-electron chi connectivity index (χ1n) is 10.5. The number of carbonyl (C=O) groups excluding carboxylic acids is 1. The zero-order valence-electron chi connectivity index (χ0n) is 17.6. The summed E-state index contributed by atoms with van der Waals surface area (Å²) in [6.45, 7) is 1.74. The zero-order valence-corrected chi connectivity index (χ0v) is 19.2. The van der Waals surface area contributed by atoms with E-state index in [4.69, 9.17) is 17.0 Å². The minimum atomic E-state index is -3.31. The second-order valence-electron chi connectivity index (χ2n) is 7.87. The van der Waals surface area contributed by atoms with Gasteiger partial charge in [0.05, 0.1) is 10.6 Å². The molecule has 166 valence electrons. The normalized spacial score (nSPS) is 14.6. The maximum atomic E-state index is 12.7. The number of benzene rings is 2. The Labute approximate surface area is 189 Å². The van der Waals surface area contributed by atoms with Crippen molar-refractivity contribution >= 4 is 38.8 Å². The Balaban J connectivity index is 1.49. The van der Waals surface area contributed by atoms with Gasteiger partial charge >= 0.3 is 0 Å². The molecular weight excluding hydrogens is 432 g/mol. The summed E-state index contributed by atoms with van der Waals surface area (Å²) >= 11 is 5.17. The molecule has 1 aliphatic rings. The number of thiocarbonyl (C=S) groups is 1. The molecule has 2 aromatic rings. The van der Waals surface area contributed by atoms with Gasteiger partial charge in [0, 0.05) is 5.69 Å². The summed E-state index contributed by atoms with van der Waals surface area (Å²) in [5.41, 5.74) is 1.54. The maximum absolute atomic E-state index is 12.7. The molecule has 31 heavy (non-hydrogen) atoms. The molecule has 6 nitrogen and oxygen atoms in total. The van der Waals surface area contributed by atoms with E-state index in [2.05, 4.69) is 10.6 Å². The predicted molar refractivity (Wildman–Crippen MR) is 126 cm³/mol. The SMILES string of the molecule is Cc1ccccc1OCC(=O)NC(=S)Nc1ccc(S(=O)(=O)CC2CCCCC2)cc1. The fraction of sp³-hybridized carbons (Fsp3) is 0.391. The number of nitrogens with one attached hydrogen (secondary N) is 2. The molecule has 1 amide bonds. The van der Waals surface area contributed by atoms with Gasteiger partial charge < -0.3 is 10.1 Å². The van der Waals surface area contributed by atoms with Crippen LogP contribution in [-0.4, -0.2) is 31.8 Å². The van der Waals surface area contributed by atoms with Crippen LogP contribution in [0.4, 0.5) is 5.69 Å². The van der Waals surface area contributed by atoms with Crippen molar-refractivity contribution in [2.45, 2.75) is 43.9 Å². The van der Waals surface area contributed by atoms with Crippen LogP contribution in [0.1, 0.15) is 37.7 Å². The van der Waals surface area contributed by atoms with E-state index in [1.54, 1.807) is 30.3 Å². The lowest BCUT2D eigenvalue weighted by Gasteiger charge is -2.21. The molecule has 0 unspecified atom stereocenters. The van der Waals surface area contributed by atoms with Crippen molar-refractivity contribution in [3.63, 3.8) is 0 Å². The smallest absolute Gasteiger partial charge is 0.264 e. The Morgan fingerprint density at radius 2 is 1.74 bits per heavy atom. The average Bonchev–Trinajstić information content (AvgIpc) is 2.74. The molecule has 0 aliphatic heterocycles. The van der Waals surface area contributed by atoms with Crippen LogP contribution in [0.5, 0.6) is 5.75 Å². The van der Waals surface area contributed by atoms with Crippen LogP contribution in [-0.2, 0) is 14.6 Å². The summed E-state index contributed by atoms with van der Waals surface area (Å²) in [7, 11) is -3.31. The summed E-state index contributed by atoms with van der Waals surface area (Å²) < 4.78 is 30.8. The van der Waals surface area contributed by atoms with Crippen LogP contribution < -0.4 is 15.4 Å². The van der Waals surface area contributed by atoms with Crippen molar-refractivity contribution in [1.82, 2.24) is 5.32 Å². The molecule has 0 radical (unpaired) electrons. The molecular formula is C23H28N2O4S2. The highest BCUT2D eigenvalue weighted by Gasteiger charge is 2.23. The molecule has 2 aromatic carbocycles. The fourth-order valence-electron chi connectivity index (χ4n) is 3.69. The number of carbonyl (C=O) groups is 1. The van der Waals surface area contributed by atoms with Crippen molar-refractivity contribution in [1.29, 1.82) is 0 Å². The molecule has 3 rings (SSSR count). The van der Waals surface area contributed by atoms with Crippen LogP contribution in [0.3, 0.4) is 0 Å². The lowest BCUT2D eigenvalue weighted by atomic mass is 9.91. The molecule has 1 fully saturated rings. The highest BCUT2D eigenvalue weighted by Crippen LogP contribution is 2.27. The van der Waals surface area contributed by atoms with Gasteiger partial charge in [-0.15, -0.1) is 0 Å². The van der Waals surface area contributed by atoms with Crippen LogP contribution >= 0.6 is 12.2 Å². The Morgan fingerprint density at radius 1 is 1.06 bits per heavy atom.